The minimum atomic E-state index is 0.725. The van der Waals surface area contributed by atoms with Crippen molar-refractivity contribution in [3.05, 3.63) is 46.8 Å². The molecule has 0 spiro atoms. The van der Waals surface area contributed by atoms with E-state index in [0.717, 1.165) is 17.8 Å². The van der Waals surface area contributed by atoms with Crippen LogP contribution in [0.5, 0.6) is 0 Å². The van der Waals surface area contributed by atoms with Gasteiger partial charge in [0.2, 0.25) is 0 Å². The van der Waals surface area contributed by atoms with E-state index in [2.05, 4.69) is 68.5 Å². The number of aryl methyl sites for hydroxylation is 1. The lowest BCUT2D eigenvalue weighted by molar-refractivity contribution is 0.237. The summed E-state index contributed by atoms with van der Waals surface area (Å²) in [6.07, 6.45) is 13.9. The summed E-state index contributed by atoms with van der Waals surface area (Å²) in [4.78, 5) is 3.04. The summed E-state index contributed by atoms with van der Waals surface area (Å²) < 4.78 is 2.98. The molecule has 0 bridgehead atoms. The van der Waals surface area contributed by atoms with Gasteiger partial charge in [0.05, 0.1) is 0 Å². The Hall–Kier alpha value is -1.12. The predicted molar refractivity (Wildman–Crippen MR) is 137 cm³/mol. The van der Waals surface area contributed by atoms with Crippen LogP contribution in [-0.2, 0) is 6.42 Å². The Morgan fingerprint density at radius 3 is 2.27 bits per heavy atom. The Bertz CT molecular complexity index is 874. The molecule has 0 aliphatic heterocycles. The van der Waals surface area contributed by atoms with Crippen LogP contribution in [0.1, 0.15) is 94.9 Å². The third-order valence-corrected chi connectivity index (χ3v) is 9.81. The van der Waals surface area contributed by atoms with Crippen molar-refractivity contribution in [3.63, 3.8) is 0 Å². The van der Waals surface area contributed by atoms with E-state index in [-0.39, 0.29) is 0 Å². The van der Waals surface area contributed by atoms with E-state index in [0.29, 0.717) is 0 Å². The fourth-order valence-electron chi connectivity index (χ4n) is 5.24. The van der Waals surface area contributed by atoms with Crippen LogP contribution in [-0.4, -0.2) is 0 Å². The van der Waals surface area contributed by atoms with Gasteiger partial charge in [-0.15, -0.1) is 22.7 Å². The number of hydrogen-bond acceptors (Lipinski definition) is 2. The molecule has 1 saturated carbocycles. The normalized spacial score (nSPS) is 20.6. The highest BCUT2D eigenvalue weighted by atomic mass is 32.1. The van der Waals surface area contributed by atoms with E-state index in [1.165, 1.54) is 89.6 Å². The van der Waals surface area contributed by atoms with Gasteiger partial charge in [-0.25, -0.2) is 0 Å². The first-order valence-corrected chi connectivity index (χ1v) is 13.9. The van der Waals surface area contributed by atoms with E-state index in [9.17, 15) is 0 Å². The van der Waals surface area contributed by atoms with Gasteiger partial charge < -0.3 is 0 Å². The molecule has 4 rings (SSSR count). The first kappa shape index (κ1) is 22.1. The van der Waals surface area contributed by atoms with Crippen LogP contribution >= 0.6 is 22.7 Å². The maximum atomic E-state index is 2.51. The lowest BCUT2D eigenvalue weighted by Gasteiger charge is -2.32. The van der Waals surface area contributed by atoms with Crippen LogP contribution in [0.4, 0.5) is 0 Å². The van der Waals surface area contributed by atoms with Gasteiger partial charge in [0.1, 0.15) is 0 Å². The maximum Gasteiger partial charge on any atom is 0.0460 e. The summed E-state index contributed by atoms with van der Waals surface area (Å²) in [7, 11) is 0. The lowest BCUT2D eigenvalue weighted by atomic mass is 9.74. The Morgan fingerprint density at radius 2 is 1.60 bits per heavy atom. The molecule has 1 fully saturated rings. The molecule has 30 heavy (non-hydrogen) atoms. The van der Waals surface area contributed by atoms with Crippen LogP contribution < -0.4 is 0 Å². The van der Waals surface area contributed by atoms with Crippen molar-refractivity contribution in [2.45, 2.75) is 90.9 Å². The summed E-state index contributed by atoms with van der Waals surface area (Å²) in [6.45, 7) is 7.06. The zero-order chi connectivity index (χ0) is 20.9. The zero-order valence-electron chi connectivity index (χ0n) is 19.1. The Labute approximate surface area is 191 Å². The number of hydrogen-bond donors (Lipinski definition) is 0. The quantitative estimate of drug-likeness (QED) is 0.291. The van der Waals surface area contributed by atoms with Crippen molar-refractivity contribution in [2.24, 2.45) is 11.8 Å². The standard InChI is InChI=1S/C28H38S2/c1-4-6-7-9-22-10-14-23(15-11-22)20(3)25-18-27-28(29-25)19-26(30-27)24-16-12-21(8-5-2)13-17-24/h12-13,16-20,22-23H,4-11,14-15H2,1-3H3. The van der Waals surface area contributed by atoms with E-state index in [1.807, 2.05) is 11.3 Å². The van der Waals surface area contributed by atoms with E-state index in [1.54, 1.807) is 4.88 Å². The monoisotopic (exact) mass is 438 g/mol. The van der Waals surface area contributed by atoms with Gasteiger partial charge in [0, 0.05) is 19.2 Å². The molecule has 1 aromatic carbocycles. The van der Waals surface area contributed by atoms with Gasteiger partial charge in [-0.1, -0.05) is 90.0 Å². The fourth-order valence-corrected chi connectivity index (χ4v) is 7.80. The number of rotatable bonds is 9. The highest BCUT2D eigenvalue weighted by molar-refractivity contribution is 7.29. The average molecular weight is 439 g/mol. The molecular weight excluding hydrogens is 400 g/mol. The maximum absolute atomic E-state index is 2.51. The lowest BCUT2D eigenvalue weighted by Crippen LogP contribution is -2.18. The van der Waals surface area contributed by atoms with Crippen LogP contribution in [0.3, 0.4) is 0 Å². The molecule has 1 aliphatic carbocycles. The number of benzene rings is 1. The zero-order valence-corrected chi connectivity index (χ0v) is 20.7. The topological polar surface area (TPSA) is 0 Å². The summed E-state index contributed by atoms with van der Waals surface area (Å²) >= 11 is 4.03. The van der Waals surface area contributed by atoms with Crippen molar-refractivity contribution < 1.29 is 0 Å². The minimum absolute atomic E-state index is 0.725. The molecule has 1 atom stereocenters. The molecule has 1 aliphatic rings. The molecule has 3 aromatic rings. The van der Waals surface area contributed by atoms with Crippen molar-refractivity contribution in [1.29, 1.82) is 0 Å². The second kappa shape index (κ2) is 10.5. The van der Waals surface area contributed by atoms with Crippen molar-refractivity contribution in [1.82, 2.24) is 0 Å². The minimum Gasteiger partial charge on any atom is -0.139 e. The molecular formula is C28H38S2. The van der Waals surface area contributed by atoms with E-state index in [4.69, 9.17) is 0 Å². The second-order valence-electron chi connectivity index (χ2n) is 9.50. The molecule has 0 amide bonds. The van der Waals surface area contributed by atoms with Crippen LogP contribution in [0.25, 0.3) is 19.8 Å². The highest BCUT2D eigenvalue weighted by Gasteiger charge is 2.27. The van der Waals surface area contributed by atoms with Crippen molar-refractivity contribution >= 4 is 32.1 Å². The van der Waals surface area contributed by atoms with Gasteiger partial charge in [0.15, 0.2) is 0 Å². The van der Waals surface area contributed by atoms with Crippen molar-refractivity contribution in [3.8, 4) is 10.4 Å². The predicted octanol–water partition coefficient (Wildman–Crippen LogP) is 10.1. The third kappa shape index (κ3) is 5.19. The third-order valence-electron chi connectivity index (χ3n) is 7.27. The molecule has 2 heteroatoms. The van der Waals surface area contributed by atoms with Gasteiger partial charge in [-0.05, 0) is 60.3 Å². The molecule has 0 N–H and O–H groups in total. The molecule has 162 valence electrons. The number of fused-ring (bicyclic) bond motifs is 1. The van der Waals surface area contributed by atoms with Crippen LogP contribution in [0.15, 0.2) is 36.4 Å². The average Bonchev–Trinajstić information content (AvgIpc) is 3.34. The molecule has 2 aromatic heterocycles. The van der Waals surface area contributed by atoms with Crippen LogP contribution in [0.2, 0.25) is 0 Å². The molecule has 2 heterocycles. The van der Waals surface area contributed by atoms with E-state index < -0.39 is 0 Å². The Morgan fingerprint density at radius 1 is 0.867 bits per heavy atom. The van der Waals surface area contributed by atoms with Gasteiger partial charge in [-0.3, -0.25) is 0 Å². The first-order chi connectivity index (χ1) is 14.7. The van der Waals surface area contributed by atoms with Gasteiger partial charge in [-0.2, -0.15) is 0 Å². The van der Waals surface area contributed by atoms with Crippen molar-refractivity contribution in [2.75, 3.05) is 0 Å². The molecule has 0 saturated heterocycles. The SMILES string of the molecule is CCCCCC1CCC(C(C)c2cc3sc(-c4ccc(CCC)cc4)cc3s2)CC1. The fraction of sp³-hybridized carbons (Fsp3) is 0.571. The first-order valence-electron chi connectivity index (χ1n) is 12.3. The highest BCUT2D eigenvalue weighted by Crippen LogP contribution is 2.45. The summed E-state index contributed by atoms with van der Waals surface area (Å²) in [5.41, 5.74) is 2.83. The largest absolute Gasteiger partial charge is 0.139 e. The smallest absolute Gasteiger partial charge is 0.0460 e. The number of thiophene rings is 2. The molecule has 0 radical (unpaired) electrons. The molecule has 1 unspecified atom stereocenters. The van der Waals surface area contributed by atoms with Crippen LogP contribution in [0, 0.1) is 11.8 Å². The summed E-state index contributed by atoms with van der Waals surface area (Å²) in [5, 5.41) is 0. The van der Waals surface area contributed by atoms with Gasteiger partial charge >= 0.3 is 0 Å². The Balaban J connectivity index is 1.38. The van der Waals surface area contributed by atoms with Gasteiger partial charge in [0.25, 0.3) is 0 Å². The Kier molecular flexibility index (Phi) is 7.70. The second-order valence-corrected chi connectivity index (χ2v) is 11.7. The number of unbranched alkanes of at least 4 members (excludes halogenated alkanes) is 2. The van der Waals surface area contributed by atoms with E-state index >= 15 is 0 Å². The summed E-state index contributed by atoms with van der Waals surface area (Å²) in [6, 6.07) is 14.2. The molecule has 0 nitrogen and oxygen atoms in total. The summed E-state index contributed by atoms with van der Waals surface area (Å²) in [5.74, 6) is 2.63.